The minimum absolute atomic E-state index is 0.259. The Morgan fingerprint density at radius 3 is 2.27 bits per heavy atom. The minimum atomic E-state index is -0.724. The number of carbonyl (C=O) groups excluding carboxylic acids is 1. The number of benzene rings is 1. The first-order chi connectivity index (χ1) is 10.7. The van der Waals surface area contributed by atoms with Crippen molar-refractivity contribution >= 4 is 12.1 Å². The number of ether oxygens (including phenoxy) is 1. The van der Waals surface area contributed by atoms with Gasteiger partial charge in [-0.1, -0.05) is 56.0 Å². The van der Waals surface area contributed by atoms with Crippen molar-refractivity contribution in [2.45, 2.75) is 51.6 Å². The maximum Gasteiger partial charge on any atom is 0.407 e. The fourth-order valence-corrected chi connectivity index (χ4v) is 2.07. The van der Waals surface area contributed by atoms with Crippen molar-refractivity contribution in [3.05, 3.63) is 35.9 Å². The van der Waals surface area contributed by atoms with E-state index in [1.54, 1.807) is 0 Å². The van der Waals surface area contributed by atoms with Gasteiger partial charge in [0.1, 0.15) is 6.61 Å². The van der Waals surface area contributed by atoms with Gasteiger partial charge in [-0.3, -0.25) is 4.79 Å². The Morgan fingerprint density at radius 2 is 1.59 bits per heavy atom. The number of carboxylic acid groups (broad SMARTS) is 1. The Bertz CT molecular complexity index is 434. The molecule has 122 valence electrons. The topological polar surface area (TPSA) is 75.6 Å². The summed E-state index contributed by atoms with van der Waals surface area (Å²) in [5.74, 6) is -0.724. The summed E-state index contributed by atoms with van der Waals surface area (Å²) in [5.41, 5.74) is 0.971. The van der Waals surface area contributed by atoms with Gasteiger partial charge in [-0.2, -0.15) is 0 Å². The highest BCUT2D eigenvalue weighted by Gasteiger charge is 2.01. The van der Waals surface area contributed by atoms with Gasteiger partial charge in [0.25, 0.3) is 0 Å². The van der Waals surface area contributed by atoms with Crippen molar-refractivity contribution in [1.29, 1.82) is 0 Å². The highest BCUT2D eigenvalue weighted by Crippen LogP contribution is 2.07. The summed E-state index contributed by atoms with van der Waals surface area (Å²) in [5, 5.41) is 11.2. The predicted octanol–water partition coefficient (Wildman–Crippen LogP) is 3.73. The monoisotopic (exact) mass is 307 g/mol. The van der Waals surface area contributed by atoms with Crippen LogP contribution in [0.15, 0.2) is 30.3 Å². The highest BCUT2D eigenvalue weighted by atomic mass is 16.5. The lowest BCUT2D eigenvalue weighted by atomic mass is 10.1. The summed E-state index contributed by atoms with van der Waals surface area (Å²) in [6, 6.07) is 9.57. The first kappa shape index (κ1) is 18.0. The average molecular weight is 307 g/mol. The van der Waals surface area contributed by atoms with Crippen LogP contribution in [-0.2, 0) is 16.1 Å². The van der Waals surface area contributed by atoms with Crippen LogP contribution in [-0.4, -0.2) is 23.7 Å². The van der Waals surface area contributed by atoms with E-state index < -0.39 is 5.97 Å². The van der Waals surface area contributed by atoms with Gasteiger partial charge in [0.05, 0.1) is 0 Å². The predicted molar refractivity (Wildman–Crippen MR) is 84.6 cm³/mol. The van der Waals surface area contributed by atoms with Crippen LogP contribution < -0.4 is 5.32 Å². The number of nitrogens with one attached hydrogen (secondary N) is 1. The number of rotatable bonds is 11. The van der Waals surface area contributed by atoms with Gasteiger partial charge in [-0.15, -0.1) is 0 Å². The molecule has 0 heterocycles. The number of alkyl carbamates (subject to hydrolysis) is 1. The van der Waals surface area contributed by atoms with E-state index in [1.165, 1.54) is 0 Å². The Balaban J connectivity index is 1.89. The fraction of sp³-hybridized carbons (Fsp3) is 0.529. The zero-order chi connectivity index (χ0) is 16.0. The Kier molecular flexibility index (Phi) is 9.50. The summed E-state index contributed by atoms with van der Waals surface area (Å²) >= 11 is 0. The summed E-state index contributed by atoms with van der Waals surface area (Å²) in [4.78, 5) is 21.8. The van der Waals surface area contributed by atoms with E-state index in [2.05, 4.69) is 5.32 Å². The quantitative estimate of drug-likeness (QED) is 0.611. The van der Waals surface area contributed by atoms with Gasteiger partial charge in [-0.05, 0) is 18.4 Å². The third-order valence-electron chi connectivity index (χ3n) is 3.30. The first-order valence-electron chi connectivity index (χ1n) is 7.85. The van der Waals surface area contributed by atoms with Crippen LogP contribution in [0.4, 0.5) is 4.79 Å². The zero-order valence-electron chi connectivity index (χ0n) is 12.9. The van der Waals surface area contributed by atoms with Crippen LogP contribution in [0.5, 0.6) is 0 Å². The lowest BCUT2D eigenvalue weighted by Crippen LogP contribution is -2.25. The Labute approximate surface area is 131 Å². The molecule has 0 unspecified atom stereocenters. The molecule has 0 atom stereocenters. The van der Waals surface area contributed by atoms with Gasteiger partial charge >= 0.3 is 12.1 Å². The van der Waals surface area contributed by atoms with Gasteiger partial charge < -0.3 is 15.2 Å². The van der Waals surface area contributed by atoms with E-state index in [4.69, 9.17) is 9.84 Å². The molecule has 1 aromatic rings. The first-order valence-corrected chi connectivity index (χ1v) is 7.85. The van der Waals surface area contributed by atoms with Crippen molar-refractivity contribution in [3.8, 4) is 0 Å². The lowest BCUT2D eigenvalue weighted by molar-refractivity contribution is -0.137. The van der Waals surface area contributed by atoms with Crippen LogP contribution in [0.3, 0.4) is 0 Å². The number of carboxylic acids is 1. The molecule has 0 spiro atoms. The standard InChI is InChI=1S/C17H25NO4/c19-16(20)12-8-3-1-2-4-9-13-18-17(21)22-14-15-10-6-5-7-11-15/h5-7,10-11H,1-4,8-9,12-14H2,(H,18,21)(H,19,20). The fourth-order valence-electron chi connectivity index (χ4n) is 2.07. The SMILES string of the molecule is O=C(O)CCCCCCCCNC(=O)OCc1ccccc1. The third kappa shape index (κ3) is 9.80. The number of hydrogen-bond acceptors (Lipinski definition) is 3. The molecular formula is C17H25NO4. The number of unbranched alkanes of at least 4 members (excludes halogenated alkanes) is 5. The van der Waals surface area contributed by atoms with E-state index in [9.17, 15) is 9.59 Å². The van der Waals surface area contributed by atoms with Crippen molar-refractivity contribution in [2.24, 2.45) is 0 Å². The molecule has 0 saturated heterocycles. The van der Waals surface area contributed by atoms with Crippen LogP contribution in [0, 0.1) is 0 Å². The molecule has 2 N–H and O–H groups in total. The maximum absolute atomic E-state index is 11.5. The number of hydrogen-bond donors (Lipinski definition) is 2. The molecule has 5 nitrogen and oxygen atoms in total. The second-order valence-electron chi connectivity index (χ2n) is 5.25. The Morgan fingerprint density at radius 1 is 0.955 bits per heavy atom. The molecule has 0 fully saturated rings. The summed E-state index contributed by atoms with van der Waals surface area (Å²) in [6.45, 7) is 0.902. The number of carbonyl (C=O) groups is 2. The van der Waals surface area contributed by atoms with Crippen LogP contribution in [0.2, 0.25) is 0 Å². The molecule has 0 aliphatic carbocycles. The molecular weight excluding hydrogens is 282 g/mol. The van der Waals surface area contributed by atoms with Crippen molar-refractivity contribution < 1.29 is 19.4 Å². The van der Waals surface area contributed by atoms with Crippen molar-refractivity contribution in [3.63, 3.8) is 0 Å². The van der Waals surface area contributed by atoms with E-state index >= 15 is 0 Å². The van der Waals surface area contributed by atoms with Crippen LogP contribution in [0.25, 0.3) is 0 Å². The van der Waals surface area contributed by atoms with Crippen molar-refractivity contribution in [2.75, 3.05) is 6.54 Å². The van der Waals surface area contributed by atoms with Crippen molar-refractivity contribution in [1.82, 2.24) is 5.32 Å². The normalized spacial score (nSPS) is 10.2. The van der Waals surface area contributed by atoms with Gasteiger partial charge in [0.2, 0.25) is 0 Å². The van der Waals surface area contributed by atoms with E-state index in [0.29, 0.717) is 6.54 Å². The lowest BCUT2D eigenvalue weighted by Gasteiger charge is -2.07. The molecule has 1 amide bonds. The molecule has 0 radical (unpaired) electrons. The second-order valence-corrected chi connectivity index (χ2v) is 5.25. The van der Waals surface area contributed by atoms with Gasteiger partial charge in [0.15, 0.2) is 0 Å². The highest BCUT2D eigenvalue weighted by molar-refractivity contribution is 5.67. The molecule has 22 heavy (non-hydrogen) atoms. The molecule has 0 saturated carbocycles. The smallest absolute Gasteiger partial charge is 0.407 e. The molecule has 1 rings (SSSR count). The molecule has 0 aliphatic heterocycles. The molecule has 5 heteroatoms. The van der Waals surface area contributed by atoms with Crippen LogP contribution >= 0.6 is 0 Å². The molecule has 1 aromatic carbocycles. The Hall–Kier alpha value is -2.04. The van der Waals surface area contributed by atoms with E-state index in [1.807, 2.05) is 30.3 Å². The second kappa shape index (κ2) is 11.6. The maximum atomic E-state index is 11.5. The zero-order valence-corrected chi connectivity index (χ0v) is 12.9. The van der Waals surface area contributed by atoms with Gasteiger partial charge in [0, 0.05) is 13.0 Å². The molecule has 0 aliphatic rings. The number of amides is 1. The van der Waals surface area contributed by atoms with Crippen LogP contribution in [0.1, 0.15) is 50.5 Å². The summed E-state index contributed by atoms with van der Waals surface area (Å²) in [7, 11) is 0. The van der Waals surface area contributed by atoms with Gasteiger partial charge in [-0.25, -0.2) is 4.79 Å². The van der Waals surface area contributed by atoms with E-state index in [-0.39, 0.29) is 19.1 Å². The number of aliphatic carboxylic acids is 1. The van der Waals surface area contributed by atoms with E-state index in [0.717, 1.165) is 44.1 Å². The largest absolute Gasteiger partial charge is 0.481 e. The summed E-state index contributed by atoms with van der Waals surface area (Å²) in [6.07, 6.45) is 5.65. The average Bonchev–Trinajstić information content (AvgIpc) is 2.52. The molecule has 0 bridgehead atoms. The molecule has 0 aromatic heterocycles. The summed E-state index contributed by atoms with van der Waals surface area (Å²) < 4.78 is 5.10. The third-order valence-corrected chi connectivity index (χ3v) is 3.30. The minimum Gasteiger partial charge on any atom is -0.481 e.